The predicted octanol–water partition coefficient (Wildman–Crippen LogP) is 1.72. The summed E-state index contributed by atoms with van der Waals surface area (Å²) in [5.74, 6) is -0.769. The molecule has 1 N–H and O–H groups in total. The Labute approximate surface area is 80.3 Å². The Morgan fingerprint density at radius 2 is 2.29 bits per heavy atom. The topological polar surface area (TPSA) is 55.8 Å². The quantitative estimate of drug-likeness (QED) is 0.688. The van der Waals surface area contributed by atoms with Gasteiger partial charge in [-0.1, -0.05) is 24.3 Å². The third-order valence-electron chi connectivity index (χ3n) is 1.88. The lowest BCUT2D eigenvalue weighted by atomic mass is 10.1. The molecule has 0 saturated heterocycles. The Balaban J connectivity index is 2.55. The number of carboxylic acid groups (broad SMARTS) is 1. The van der Waals surface area contributed by atoms with Crippen LogP contribution in [0.2, 0.25) is 0 Å². The molecule has 0 radical (unpaired) electrons. The summed E-state index contributed by atoms with van der Waals surface area (Å²) in [7, 11) is 0. The van der Waals surface area contributed by atoms with E-state index in [0.29, 0.717) is 12.2 Å². The monoisotopic (exact) mass is 192 g/mol. The molecule has 72 valence electrons. The number of hydrogen-bond donors (Lipinski definition) is 1. The summed E-state index contributed by atoms with van der Waals surface area (Å²) in [4.78, 5) is 20.5. The van der Waals surface area contributed by atoms with E-state index in [1.54, 1.807) is 24.3 Å². The minimum Gasteiger partial charge on any atom is -0.478 e. The number of hydrogen-bond acceptors (Lipinski definition) is 3. The van der Waals surface area contributed by atoms with Crippen molar-refractivity contribution in [1.82, 2.24) is 0 Å². The minimum absolute atomic E-state index is 0.106. The second-order valence-electron chi connectivity index (χ2n) is 2.80. The highest BCUT2D eigenvalue weighted by Gasteiger charge is 2.16. The van der Waals surface area contributed by atoms with Crippen molar-refractivity contribution in [3.8, 4) is 5.75 Å². The molecule has 0 bridgehead atoms. The van der Waals surface area contributed by atoms with E-state index in [9.17, 15) is 4.79 Å². The lowest BCUT2D eigenvalue weighted by Crippen LogP contribution is -2.04. The summed E-state index contributed by atoms with van der Waals surface area (Å²) in [5, 5.41) is 8.87. The number of fused-ring (bicyclic) bond motifs is 1. The first-order valence-corrected chi connectivity index (χ1v) is 4.11. The number of carboxylic acids is 1. The van der Waals surface area contributed by atoms with Gasteiger partial charge in [-0.15, -0.1) is 0 Å². The van der Waals surface area contributed by atoms with Crippen LogP contribution < -0.4 is 4.89 Å². The summed E-state index contributed by atoms with van der Waals surface area (Å²) >= 11 is 0. The van der Waals surface area contributed by atoms with Gasteiger partial charge in [-0.05, 0) is 6.07 Å². The standard InChI is InChI=1S/C10H8O4/c11-10(12)8-5-1-3-7-4-2-6-13-14-9(7)8/h1-5H,6H2,(H,11,12). The van der Waals surface area contributed by atoms with E-state index in [-0.39, 0.29) is 11.3 Å². The molecule has 0 unspecified atom stereocenters. The zero-order valence-electron chi connectivity index (χ0n) is 7.27. The molecule has 0 atom stereocenters. The smallest absolute Gasteiger partial charge is 0.339 e. The van der Waals surface area contributed by atoms with Crippen molar-refractivity contribution in [2.45, 2.75) is 0 Å². The van der Waals surface area contributed by atoms with Gasteiger partial charge in [0.1, 0.15) is 12.2 Å². The predicted molar refractivity (Wildman–Crippen MR) is 49.0 cm³/mol. The van der Waals surface area contributed by atoms with Crippen LogP contribution >= 0.6 is 0 Å². The summed E-state index contributed by atoms with van der Waals surface area (Å²) in [6.07, 6.45) is 3.53. The van der Waals surface area contributed by atoms with Crippen molar-refractivity contribution < 1.29 is 19.7 Å². The molecule has 1 aromatic rings. The molecule has 0 aliphatic carbocycles. The molecule has 0 amide bonds. The maximum absolute atomic E-state index is 10.8. The highest BCUT2D eigenvalue weighted by atomic mass is 17.2. The van der Waals surface area contributed by atoms with Gasteiger partial charge >= 0.3 is 5.97 Å². The van der Waals surface area contributed by atoms with E-state index in [0.717, 1.165) is 0 Å². The second kappa shape index (κ2) is 3.51. The van der Waals surface area contributed by atoms with Crippen molar-refractivity contribution in [3.05, 3.63) is 35.4 Å². The fourth-order valence-electron chi connectivity index (χ4n) is 1.25. The molecule has 1 heterocycles. The molecule has 1 aliphatic heterocycles. The Morgan fingerprint density at radius 1 is 1.43 bits per heavy atom. The zero-order valence-corrected chi connectivity index (χ0v) is 7.27. The van der Waals surface area contributed by atoms with Gasteiger partial charge in [-0.3, -0.25) is 0 Å². The average Bonchev–Trinajstić information content (AvgIpc) is 2.41. The lowest BCUT2D eigenvalue weighted by Gasteiger charge is -2.06. The Kier molecular flexibility index (Phi) is 2.20. The largest absolute Gasteiger partial charge is 0.478 e. The van der Waals surface area contributed by atoms with Gasteiger partial charge in [0, 0.05) is 5.56 Å². The van der Waals surface area contributed by atoms with Crippen LogP contribution in [0.25, 0.3) is 6.08 Å². The fraction of sp³-hybridized carbons (Fsp3) is 0.100. The molecular weight excluding hydrogens is 184 g/mol. The van der Waals surface area contributed by atoms with Gasteiger partial charge in [0.05, 0.1) is 0 Å². The first-order chi connectivity index (χ1) is 6.79. The number of carbonyl (C=O) groups is 1. The van der Waals surface area contributed by atoms with Crippen LogP contribution in [0.3, 0.4) is 0 Å². The van der Waals surface area contributed by atoms with Crippen LogP contribution in [0.15, 0.2) is 24.3 Å². The molecule has 2 rings (SSSR count). The van der Waals surface area contributed by atoms with Crippen molar-refractivity contribution in [2.24, 2.45) is 0 Å². The van der Waals surface area contributed by atoms with Gasteiger partial charge in [-0.25, -0.2) is 4.79 Å². The van der Waals surface area contributed by atoms with Crippen molar-refractivity contribution >= 4 is 12.0 Å². The van der Waals surface area contributed by atoms with E-state index in [1.807, 2.05) is 0 Å². The highest BCUT2D eigenvalue weighted by Crippen LogP contribution is 2.27. The highest BCUT2D eigenvalue weighted by molar-refractivity contribution is 5.92. The van der Waals surface area contributed by atoms with Gasteiger partial charge < -0.3 is 9.99 Å². The molecule has 0 fully saturated rings. The normalized spacial score (nSPS) is 14.0. The zero-order chi connectivity index (χ0) is 9.97. The molecule has 0 spiro atoms. The van der Waals surface area contributed by atoms with E-state index in [2.05, 4.69) is 0 Å². The summed E-state index contributed by atoms with van der Waals surface area (Å²) in [6, 6.07) is 4.91. The molecule has 0 saturated carbocycles. The first kappa shape index (κ1) is 8.77. The Hall–Kier alpha value is -1.81. The number of aromatic carboxylic acids is 1. The minimum atomic E-state index is -1.03. The van der Waals surface area contributed by atoms with Crippen molar-refractivity contribution in [3.63, 3.8) is 0 Å². The summed E-state index contributed by atoms with van der Waals surface area (Å²) < 4.78 is 0. The van der Waals surface area contributed by atoms with E-state index in [4.69, 9.17) is 14.9 Å². The SMILES string of the molecule is O=C(O)c1cccc2c1OOCC=C2. The number of benzene rings is 1. The Bertz CT molecular complexity index is 395. The maximum Gasteiger partial charge on any atom is 0.339 e. The van der Waals surface area contributed by atoms with Gasteiger partial charge in [0.25, 0.3) is 0 Å². The molecule has 1 aliphatic rings. The summed E-state index contributed by atoms with van der Waals surface area (Å²) in [6.45, 7) is 0.313. The van der Waals surface area contributed by atoms with Crippen LogP contribution in [-0.2, 0) is 4.89 Å². The third kappa shape index (κ3) is 1.47. The molecular formula is C10H8O4. The molecule has 4 nitrogen and oxygen atoms in total. The maximum atomic E-state index is 10.8. The third-order valence-corrected chi connectivity index (χ3v) is 1.88. The van der Waals surface area contributed by atoms with Crippen LogP contribution in [-0.4, -0.2) is 17.7 Å². The first-order valence-electron chi connectivity index (χ1n) is 4.11. The number of para-hydroxylation sites is 1. The lowest BCUT2D eigenvalue weighted by molar-refractivity contribution is -0.195. The molecule has 4 heteroatoms. The van der Waals surface area contributed by atoms with E-state index < -0.39 is 5.97 Å². The average molecular weight is 192 g/mol. The van der Waals surface area contributed by atoms with Crippen molar-refractivity contribution in [2.75, 3.05) is 6.61 Å². The molecule has 14 heavy (non-hydrogen) atoms. The fourth-order valence-corrected chi connectivity index (χ4v) is 1.25. The van der Waals surface area contributed by atoms with Crippen LogP contribution in [0.1, 0.15) is 15.9 Å². The molecule has 0 aromatic heterocycles. The van der Waals surface area contributed by atoms with Gasteiger partial charge in [-0.2, -0.15) is 4.89 Å². The number of rotatable bonds is 1. The molecule has 1 aromatic carbocycles. The van der Waals surface area contributed by atoms with Crippen LogP contribution in [0.4, 0.5) is 0 Å². The van der Waals surface area contributed by atoms with E-state index in [1.165, 1.54) is 6.07 Å². The van der Waals surface area contributed by atoms with Crippen LogP contribution in [0, 0.1) is 0 Å². The van der Waals surface area contributed by atoms with Gasteiger partial charge in [0.2, 0.25) is 0 Å². The Morgan fingerprint density at radius 3 is 3.07 bits per heavy atom. The van der Waals surface area contributed by atoms with Gasteiger partial charge in [0.15, 0.2) is 5.75 Å². The van der Waals surface area contributed by atoms with Crippen LogP contribution in [0.5, 0.6) is 5.75 Å². The second-order valence-corrected chi connectivity index (χ2v) is 2.80. The van der Waals surface area contributed by atoms with Crippen molar-refractivity contribution in [1.29, 1.82) is 0 Å². The van der Waals surface area contributed by atoms with E-state index >= 15 is 0 Å². The summed E-state index contributed by atoms with van der Waals surface area (Å²) in [5.41, 5.74) is 0.816.